The van der Waals surface area contributed by atoms with E-state index in [4.69, 9.17) is 0 Å². The molecule has 0 unspecified atom stereocenters. The van der Waals surface area contributed by atoms with Gasteiger partial charge in [-0.2, -0.15) is 4.68 Å². The summed E-state index contributed by atoms with van der Waals surface area (Å²) in [5.74, 6) is 0.229. The molecule has 2 amide bonds. The van der Waals surface area contributed by atoms with Crippen LogP contribution >= 0.6 is 11.8 Å². The third kappa shape index (κ3) is 5.16. The van der Waals surface area contributed by atoms with Gasteiger partial charge in [0.25, 0.3) is 0 Å². The van der Waals surface area contributed by atoms with Gasteiger partial charge < -0.3 is 10.2 Å². The summed E-state index contributed by atoms with van der Waals surface area (Å²) < 4.78 is 1.66. The number of nitrogens with zero attached hydrogens (tertiary/aromatic N) is 5. The summed E-state index contributed by atoms with van der Waals surface area (Å²) in [4.78, 5) is 27.1. The van der Waals surface area contributed by atoms with Crippen LogP contribution in [0.4, 0.5) is 5.69 Å². The Balaban J connectivity index is 1.28. The number of thioether (sulfide) groups is 1. The molecule has 166 valence electrons. The molecule has 8 nitrogen and oxygen atoms in total. The number of rotatable bonds is 6. The van der Waals surface area contributed by atoms with Crippen molar-refractivity contribution < 1.29 is 9.59 Å². The summed E-state index contributed by atoms with van der Waals surface area (Å²) in [6.07, 6.45) is 1.32. The number of anilines is 1. The van der Waals surface area contributed by atoms with Crippen LogP contribution in [0.15, 0.2) is 53.7 Å². The fourth-order valence-corrected chi connectivity index (χ4v) is 4.46. The fraction of sp³-hybridized carbons (Fsp3) is 0.348. The minimum absolute atomic E-state index is 0.0187. The van der Waals surface area contributed by atoms with Gasteiger partial charge in [0, 0.05) is 24.7 Å². The van der Waals surface area contributed by atoms with Crippen LogP contribution in [-0.4, -0.2) is 55.8 Å². The molecule has 4 rings (SSSR count). The largest absolute Gasteiger partial charge is 0.342 e. The van der Waals surface area contributed by atoms with Gasteiger partial charge in [0.05, 0.1) is 11.4 Å². The standard InChI is InChI=1S/C23H26N6O2S/c1-16-8-9-20(14-17(16)2)29-23(25-26-27-29)32-15-21(30)28-12-10-18(11-13-28)22(31)24-19-6-4-3-5-7-19/h3-9,14,18H,10-13,15H2,1-2H3,(H,24,31). The van der Waals surface area contributed by atoms with Crippen LogP contribution in [0.3, 0.4) is 0 Å². The minimum Gasteiger partial charge on any atom is -0.342 e. The van der Waals surface area contributed by atoms with Crippen LogP contribution in [0.1, 0.15) is 24.0 Å². The Hall–Kier alpha value is -3.20. The first-order valence-corrected chi connectivity index (χ1v) is 11.6. The Morgan fingerprint density at radius 3 is 2.53 bits per heavy atom. The van der Waals surface area contributed by atoms with E-state index in [0.717, 1.165) is 16.9 Å². The van der Waals surface area contributed by atoms with E-state index in [9.17, 15) is 9.59 Å². The molecule has 2 heterocycles. The second kappa shape index (κ2) is 9.95. The average molecular weight is 451 g/mol. The summed E-state index contributed by atoms with van der Waals surface area (Å²) in [6.45, 7) is 5.26. The average Bonchev–Trinajstić information content (AvgIpc) is 3.28. The number of amides is 2. The third-order valence-corrected chi connectivity index (χ3v) is 6.66. The number of benzene rings is 2. The number of para-hydroxylation sites is 1. The van der Waals surface area contributed by atoms with Crippen molar-refractivity contribution in [2.75, 3.05) is 24.2 Å². The van der Waals surface area contributed by atoms with Gasteiger partial charge in [-0.25, -0.2) is 0 Å². The second-order valence-electron chi connectivity index (χ2n) is 7.94. The van der Waals surface area contributed by atoms with E-state index < -0.39 is 0 Å². The Morgan fingerprint density at radius 2 is 1.81 bits per heavy atom. The number of hydrogen-bond donors (Lipinski definition) is 1. The summed E-state index contributed by atoms with van der Waals surface area (Å²) in [5.41, 5.74) is 4.03. The highest BCUT2D eigenvalue weighted by atomic mass is 32.2. The normalized spacial score (nSPS) is 14.4. The molecule has 1 N–H and O–H groups in total. The van der Waals surface area contributed by atoms with Gasteiger partial charge >= 0.3 is 0 Å². The van der Waals surface area contributed by atoms with Gasteiger partial charge in [0.2, 0.25) is 17.0 Å². The smallest absolute Gasteiger partial charge is 0.233 e. The van der Waals surface area contributed by atoms with E-state index in [-0.39, 0.29) is 23.5 Å². The van der Waals surface area contributed by atoms with Gasteiger partial charge in [0.15, 0.2) is 0 Å². The lowest BCUT2D eigenvalue weighted by Crippen LogP contribution is -2.42. The first-order valence-electron chi connectivity index (χ1n) is 10.6. The topological polar surface area (TPSA) is 93.0 Å². The van der Waals surface area contributed by atoms with Gasteiger partial charge in [-0.05, 0) is 72.5 Å². The van der Waals surface area contributed by atoms with E-state index in [0.29, 0.717) is 31.1 Å². The Morgan fingerprint density at radius 1 is 1.06 bits per heavy atom. The molecule has 9 heteroatoms. The molecule has 0 radical (unpaired) electrons. The Kier molecular flexibility index (Phi) is 6.84. The van der Waals surface area contributed by atoms with E-state index in [1.165, 1.54) is 17.3 Å². The fourth-order valence-electron chi connectivity index (χ4n) is 3.66. The van der Waals surface area contributed by atoms with Crippen molar-refractivity contribution >= 4 is 29.3 Å². The molecule has 1 fully saturated rings. The molecular weight excluding hydrogens is 424 g/mol. The lowest BCUT2D eigenvalue weighted by molar-refractivity contribution is -0.132. The van der Waals surface area contributed by atoms with Crippen LogP contribution < -0.4 is 5.32 Å². The summed E-state index contributed by atoms with van der Waals surface area (Å²) >= 11 is 1.33. The Bertz CT molecular complexity index is 1090. The van der Waals surface area contributed by atoms with Crippen molar-refractivity contribution in [2.24, 2.45) is 5.92 Å². The van der Waals surface area contributed by atoms with E-state index in [2.05, 4.69) is 27.8 Å². The second-order valence-corrected chi connectivity index (χ2v) is 8.88. The zero-order valence-corrected chi connectivity index (χ0v) is 19.0. The molecule has 0 spiro atoms. The molecule has 0 aliphatic carbocycles. The zero-order chi connectivity index (χ0) is 22.5. The number of piperidine rings is 1. The highest BCUT2D eigenvalue weighted by Gasteiger charge is 2.27. The predicted octanol–water partition coefficient (Wildman–Crippen LogP) is 3.25. The van der Waals surface area contributed by atoms with Crippen LogP contribution in [0.5, 0.6) is 0 Å². The molecule has 3 aromatic rings. The zero-order valence-electron chi connectivity index (χ0n) is 18.2. The van der Waals surface area contributed by atoms with Crippen LogP contribution in [0.25, 0.3) is 5.69 Å². The van der Waals surface area contributed by atoms with Gasteiger partial charge in [-0.1, -0.05) is 36.0 Å². The van der Waals surface area contributed by atoms with Crippen molar-refractivity contribution in [2.45, 2.75) is 31.8 Å². The maximum Gasteiger partial charge on any atom is 0.233 e. The van der Waals surface area contributed by atoms with E-state index in [1.54, 1.807) is 4.68 Å². The minimum atomic E-state index is -0.0796. The summed E-state index contributed by atoms with van der Waals surface area (Å²) in [7, 11) is 0. The van der Waals surface area contributed by atoms with Gasteiger partial charge in [0.1, 0.15) is 0 Å². The molecule has 1 aliphatic heterocycles. The highest BCUT2D eigenvalue weighted by molar-refractivity contribution is 7.99. The number of nitrogens with one attached hydrogen (secondary N) is 1. The third-order valence-electron chi connectivity index (χ3n) is 5.76. The SMILES string of the molecule is Cc1ccc(-n2nnnc2SCC(=O)N2CCC(C(=O)Nc3ccccc3)CC2)cc1C. The molecule has 1 saturated heterocycles. The van der Waals surface area contributed by atoms with Gasteiger partial charge in [-0.15, -0.1) is 5.10 Å². The number of hydrogen-bond acceptors (Lipinski definition) is 6. The number of tetrazole rings is 1. The number of aryl methyl sites for hydroxylation is 2. The molecule has 1 aliphatic rings. The first kappa shape index (κ1) is 22.0. The lowest BCUT2D eigenvalue weighted by Gasteiger charge is -2.31. The van der Waals surface area contributed by atoms with Gasteiger partial charge in [-0.3, -0.25) is 9.59 Å². The molecule has 2 aromatic carbocycles. The van der Waals surface area contributed by atoms with Crippen molar-refractivity contribution in [1.82, 2.24) is 25.1 Å². The molecule has 0 atom stereocenters. The van der Waals surface area contributed by atoms with Crippen LogP contribution in [0, 0.1) is 19.8 Å². The number of likely N-dealkylation sites (tertiary alicyclic amines) is 1. The maximum atomic E-state index is 12.7. The van der Waals surface area contributed by atoms with Crippen molar-refractivity contribution in [1.29, 1.82) is 0 Å². The van der Waals surface area contributed by atoms with Crippen LogP contribution in [-0.2, 0) is 9.59 Å². The molecular formula is C23H26N6O2S. The number of carbonyl (C=O) groups excluding carboxylic acids is 2. The maximum absolute atomic E-state index is 12.7. The number of aromatic nitrogens is 4. The van der Waals surface area contributed by atoms with Crippen LogP contribution in [0.2, 0.25) is 0 Å². The van der Waals surface area contributed by atoms with Crippen molar-refractivity contribution in [3.8, 4) is 5.69 Å². The monoisotopic (exact) mass is 450 g/mol. The van der Waals surface area contributed by atoms with Crippen molar-refractivity contribution in [3.63, 3.8) is 0 Å². The number of carbonyl (C=O) groups is 2. The predicted molar refractivity (Wildman–Crippen MR) is 124 cm³/mol. The lowest BCUT2D eigenvalue weighted by atomic mass is 9.96. The quantitative estimate of drug-likeness (QED) is 0.580. The van der Waals surface area contributed by atoms with E-state index in [1.807, 2.05) is 60.4 Å². The summed E-state index contributed by atoms with van der Waals surface area (Å²) in [6, 6.07) is 15.5. The highest BCUT2D eigenvalue weighted by Crippen LogP contribution is 2.23. The molecule has 0 saturated carbocycles. The van der Waals surface area contributed by atoms with E-state index >= 15 is 0 Å². The molecule has 32 heavy (non-hydrogen) atoms. The summed E-state index contributed by atoms with van der Waals surface area (Å²) in [5, 5.41) is 15.5. The first-order chi connectivity index (χ1) is 15.5. The molecule has 1 aromatic heterocycles. The Labute approximate surface area is 191 Å². The van der Waals surface area contributed by atoms with Crippen molar-refractivity contribution in [3.05, 3.63) is 59.7 Å². The molecule has 0 bridgehead atoms.